The predicted octanol–water partition coefficient (Wildman–Crippen LogP) is 1.45. The van der Waals surface area contributed by atoms with Crippen LogP contribution in [-0.2, 0) is 14.3 Å². The highest BCUT2D eigenvalue weighted by atomic mass is 16.6. The molecule has 0 spiro atoms. The fourth-order valence-electron chi connectivity index (χ4n) is 2.56. The smallest absolute Gasteiger partial charge is 0.303 e. The highest BCUT2D eigenvalue weighted by Gasteiger charge is 2.54. The zero-order valence-corrected chi connectivity index (χ0v) is 7.84. The van der Waals surface area contributed by atoms with Gasteiger partial charge < -0.3 is 4.74 Å². The maximum absolute atomic E-state index is 11.5. The number of esters is 1. The van der Waals surface area contributed by atoms with E-state index in [1.165, 1.54) is 6.92 Å². The Morgan fingerprint density at radius 3 is 2.85 bits per heavy atom. The van der Waals surface area contributed by atoms with Gasteiger partial charge in [0.15, 0.2) is 0 Å². The van der Waals surface area contributed by atoms with Crippen LogP contribution in [0.15, 0.2) is 0 Å². The second kappa shape index (κ2) is 2.82. The number of fused-ring (bicyclic) bond motifs is 1. The number of hydrogen-bond acceptors (Lipinski definition) is 3. The predicted molar refractivity (Wildman–Crippen MR) is 46.1 cm³/mol. The van der Waals surface area contributed by atoms with Gasteiger partial charge in [-0.2, -0.15) is 0 Å². The van der Waals surface area contributed by atoms with E-state index in [4.69, 9.17) is 4.74 Å². The molecule has 0 amide bonds. The van der Waals surface area contributed by atoms with E-state index in [0.717, 1.165) is 25.7 Å². The molecule has 2 fully saturated rings. The number of ether oxygens (including phenoxy) is 1. The summed E-state index contributed by atoms with van der Waals surface area (Å²) in [6.45, 7) is 1.42. The largest absolute Gasteiger partial charge is 0.458 e. The number of carbonyl (C=O) groups excluding carboxylic acids is 2. The van der Waals surface area contributed by atoms with Gasteiger partial charge in [0, 0.05) is 13.3 Å². The molecule has 2 rings (SSSR count). The Morgan fingerprint density at radius 1 is 1.54 bits per heavy atom. The summed E-state index contributed by atoms with van der Waals surface area (Å²) < 4.78 is 5.29. The lowest BCUT2D eigenvalue weighted by molar-refractivity contribution is -0.188. The second-order valence-corrected chi connectivity index (χ2v) is 4.07. The van der Waals surface area contributed by atoms with Crippen molar-refractivity contribution >= 4 is 11.8 Å². The molecule has 2 aliphatic rings. The lowest BCUT2D eigenvalue weighted by atomic mass is 9.61. The highest BCUT2D eigenvalue weighted by molar-refractivity contribution is 5.84. The first-order chi connectivity index (χ1) is 6.14. The molecular formula is C10H14O3. The highest BCUT2D eigenvalue weighted by Crippen LogP contribution is 2.49. The van der Waals surface area contributed by atoms with Crippen molar-refractivity contribution in [2.75, 3.05) is 0 Å². The molecule has 0 bridgehead atoms. The first-order valence-electron chi connectivity index (χ1n) is 4.86. The Bertz CT molecular complexity index is 259. The third-order valence-corrected chi connectivity index (χ3v) is 3.25. The van der Waals surface area contributed by atoms with Crippen molar-refractivity contribution in [1.82, 2.24) is 0 Å². The molecule has 2 atom stereocenters. The fraction of sp³-hybridized carbons (Fsp3) is 0.800. The van der Waals surface area contributed by atoms with E-state index in [2.05, 4.69) is 0 Å². The van der Waals surface area contributed by atoms with Crippen molar-refractivity contribution in [2.45, 2.75) is 44.6 Å². The van der Waals surface area contributed by atoms with E-state index < -0.39 is 0 Å². The van der Waals surface area contributed by atoms with Gasteiger partial charge in [-0.15, -0.1) is 0 Å². The van der Waals surface area contributed by atoms with Gasteiger partial charge in [-0.1, -0.05) is 0 Å². The minimum absolute atomic E-state index is 0.0187. The third-order valence-electron chi connectivity index (χ3n) is 3.25. The van der Waals surface area contributed by atoms with Crippen molar-refractivity contribution in [2.24, 2.45) is 5.92 Å². The molecular weight excluding hydrogens is 168 g/mol. The Hall–Kier alpha value is -0.860. The molecule has 3 nitrogen and oxygen atoms in total. The van der Waals surface area contributed by atoms with Gasteiger partial charge in [-0.3, -0.25) is 9.59 Å². The standard InChI is InChI=1S/C10H14O3/c1-7(11)13-10-5-2-3-9(12)8(10)4-6-10/h8H,2-6H2,1H3. The van der Waals surface area contributed by atoms with Crippen LogP contribution in [0.25, 0.3) is 0 Å². The first kappa shape index (κ1) is 8.73. The molecule has 0 saturated heterocycles. The van der Waals surface area contributed by atoms with Crippen molar-refractivity contribution in [1.29, 1.82) is 0 Å². The van der Waals surface area contributed by atoms with Crippen LogP contribution in [0.2, 0.25) is 0 Å². The lowest BCUT2D eigenvalue weighted by Gasteiger charge is -2.50. The van der Waals surface area contributed by atoms with E-state index >= 15 is 0 Å². The number of carbonyl (C=O) groups is 2. The van der Waals surface area contributed by atoms with Gasteiger partial charge in [0.2, 0.25) is 0 Å². The Labute approximate surface area is 77.4 Å². The van der Waals surface area contributed by atoms with Crippen LogP contribution >= 0.6 is 0 Å². The molecule has 0 aromatic heterocycles. The number of Topliss-reactive ketones (excluding diaryl/α,β-unsaturated/α-hetero) is 1. The van der Waals surface area contributed by atoms with Gasteiger partial charge in [-0.05, 0) is 25.7 Å². The van der Waals surface area contributed by atoms with Crippen molar-refractivity contribution in [3.05, 3.63) is 0 Å². The van der Waals surface area contributed by atoms with Crippen LogP contribution in [0.4, 0.5) is 0 Å². The zero-order chi connectivity index (χ0) is 9.47. The minimum Gasteiger partial charge on any atom is -0.458 e. The number of ketones is 1. The summed E-state index contributed by atoms with van der Waals surface area (Å²) in [5.74, 6) is 0.0586. The molecule has 0 aliphatic heterocycles. The summed E-state index contributed by atoms with van der Waals surface area (Å²) in [5, 5.41) is 0. The maximum atomic E-state index is 11.5. The molecule has 3 heteroatoms. The molecule has 13 heavy (non-hydrogen) atoms. The van der Waals surface area contributed by atoms with Crippen LogP contribution in [0, 0.1) is 5.92 Å². The molecule has 0 radical (unpaired) electrons. The average molecular weight is 182 g/mol. The monoisotopic (exact) mass is 182 g/mol. The van der Waals surface area contributed by atoms with Crippen LogP contribution in [0.3, 0.4) is 0 Å². The zero-order valence-electron chi connectivity index (χ0n) is 7.84. The van der Waals surface area contributed by atoms with E-state index in [1.807, 2.05) is 0 Å². The molecule has 0 N–H and O–H groups in total. The normalized spacial score (nSPS) is 37.6. The summed E-state index contributed by atoms with van der Waals surface area (Å²) in [5.41, 5.74) is -0.388. The van der Waals surface area contributed by atoms with E-state index in [-0.39, 0.29) is 17.5 Å². The molecule has 0 aromatic rings. The minimum atomic E-state index is -0.388. The van der Waals surface area contributed by atoms with Crippen molar-refractivity contribution in [3.63, 3.8) is 0 Å². The third kappa shape index (κ3) is 1.26. The van der Waals surface area contributed by atoms with Crippen LogP contribution in [-0.4, -0.2) is 17.4 Å². The topological polar surface area (TPSA) is 43.4 Å². The second-order valence-electron chi connectivity index (χ2n) is 4.07. The van der Waals surface area contributed by atoms with Crippen LogP contribution < -0.4 is 0 Å². The van der Waals surface area contributed by atoms with Gasteiger partial charge in [0.05, 0.1) is 5.92 Å². The van der Waals surface area contributed by atoms with Crippen LogP contribution in [0.5, 0.6) is 0 Å². The average Bonchev–Trinajstić information content (AvgIpc) is 1.97. The molecule has 0 aromatic carbocycles. The van der Waals surface area contributed by atoms with Gasteiger partial charge in [0.1, 0.15) is 11.4 Å². The molecule has 2 saturated carbocycles. The fourth-order valence-corrected chi connectivity index (χ4v) is 2.56. The summed E-state index contributed by atoms with van der Waals surface area (Å²) >= 11 is 0. The summed E-state index contributed by atoms with van der Waals surface area (Å²) in [6.07, 6.45) is 4.22. The summed E-state index contributed by atoms with van der Waals surface area (Å²) in [6, 6.07) is 0. The molecule has 72 valence electrons. The van der Waals surface area contributed by atoms with E-state index in [0.29, 0.717) is 12.2 Å². The lowest BCUT2D eigenvalue weighted by Crippen LogP contribution is -2.56. The molecule has 2 unspecified atom stereocenters. The Balaban J connectivity index is 2.12. The number of rotatable bonds is 1. The van der Waals surface area contributed by atoms with Gasteiger partial charge in [-0.25, -0.2) is 0 Å². The summed E-state index contributed by atoms with van der Waals surface area (Å²) in [7, 11) is 0. The van der Waals surface area contributed by atoms with Crippen molar-refractivity contribution < 1.29 is 14.3 Å². The van der Waals surface area contributed by atoms with Gasteiger partial charge >= 0.3 is 5.97 Å². The Morgan fingerprint density at radius 2 is 2.31 bits per heavy atom. The maximum Gasteiger partial charge on any atom is 0.303 e. The van der Waals surface area contributed by atoms with Crippen molar-refractivity contribution in [3.8, 4) is 0 Å². The van der Waals surface area contributed by atoms with E-state index in [9.17, 15) is 9.59 Å². The summed E-state index contributed by atoms with van der Waals surface area (Å²) in [4.78, 5) is 22.3. The molecule has 2 aliphatic carbocycles. The number of hydrogen-bond donors (Lipinski definition) is 0. The Kier molecular flexibility index (Phi) is 1.90. The van der Waals surface area contributed by atoms with Gasteiger partial charge in [0.25, 0.3) is 0 Å². The molecule has 0 heterocycles. The quantitative estimate of drug-likeness (QED) is 0.576. The van der Waals surface area contributed by atoms with E-state index in [1.54, 1.807) is 0 Å². The first-order valence-corrected chi connectivity index (χ1v) is 4.86. The van der Waals surface area contributed by atoms with Crippen LogP contribution in [0.1, 0.15) is 39.0 Å². The SMILES string of the molecule is CC(=O)OC12CCCC(=O)C1CC2.